The lowest BCUT2D eigenvalue weighted by Gasteiger charge is -2.00. The maximum Gasteiger partial charge on any atom is 0.338 e. The van der Waals surface area contributed by atoms with Crippen molar-refractivity contribution in [2.45, 2.75) is 46.5 Å². The molecule has 0 amide bonds. The molecule has 0 aliphatic carbocycles. The van der Waals surface area contributed by atoms with E-state index in [-0.39, 0.29) is 18.3 Å². The van der Waals surface area contributed by atoms with Crippen molar-refractivity contribution in [3.8, 4) is 0 Å². The van der Waals surface area contributed by atoms with Crippen molar-refractivity contribution in [1.82, 2.24) is 0 Å². The van der Waals surface area contributed by atoms with E-state index in [1.54, 1.807) is 0 Å². The number of ether oxygens (including phenoxy) is 1. The summed E-state index contributed by atoms with van der Waals surface area (Å²) in [5.74, 6) is -0.279. The lowest BCUT2D eigenvalue weighted by Crippen LogP contribution is -1.98. The maximum absolute atomic E-state index is 11.2. The number of hydrogen-bond acceptors (Lipinski definition) is 3. The van der Waals surface area contributed by atoms with Crippen molar-refractivity contribution in [1.29, 1.82) is 0 Å². The fraction of sp³-hybridized carbons (Fsp3) is 0.533. The van der Waals surface area contributed by atoms with Crippen LogP contribution in [-0.4, -0.2) is 17.7 Å². The van der Waals surface area contributed by atoms with E-state index in [0.717, 1.165) is 19.3 Å². The average Bonchev–Trinajstić information content (AvgIpc) is 2.60. The van der Waals surface area contributed by atoms with E-state index < -0.39 is 0 Å². The summed E-state index contributed by atoms with van der Waals surface area (Å²) in [5, 5.41) is 9.43. The van der Waals surface area contributed by atoms with E-state index in [9.17, 15) is 9.90 Å². The lowest BCUT2D eigenvalue weighted by molar-refractivity contribution is -0.136. The van der Waals surface area contributed by atoms with Gasteiger partial charge in [0.25, 0.3) is 0 Å². The third-order valence-electron chi connectivity index (χ3n) is 2.91. The first-order chi connectivity index (χ1) is 8.50. The van der Waals surface area contributed by atoms with Crippen molar-refractivity contribution < 1.29 is 14.6 Å². The van der Waals surface area contributed by atoms with Crippen molar-refractivity contribution in [2.75, 3.05) is 6.61 Å². The molecule has 0 aromatic carbocycles. The summed E-state index contributed by atoms with van der Waals surface area (Å²) in [6, 6.07) is 0. The third-order valence-corrected chi connectivity index (χ3v) is 2.91. The van der Waals surface area contributed by atoms with Crippen LogP contribution in [-0.2, 0) is 9.53 Å². The molecule has 0 saturated heterocycles. The number of carbonyl (C=O) groups excluding carboxylic acids is 1. The summed E-state index contributed by atoms with van der Waals surface area (Å²) < 4.78 is 4.74. The van der Waals surface area contributed by atoms with Crippen LogP contribution in [0.5, 0.6) is 0 Å². The molecule has 3 heteroatoms. The third kappa shape index (κ3) is 4.78. The second-order valence-electron chi connectivity index (χ2n) is 4.91. The summed E-state index contributed by atoms with van der Waals surface area (Å²) in [4.78, 5) is 11.2. The second-order valence-corrected chi connectivity index (χ2v) is 4.91. The average molecular weight is 250 g/mol. The Bertz CT molecular complexity index is 396. The van der Waals surface area contributed by atoms with Crippen molar-refractivity contribution in [3.05, 3.63) is 34.6 Å². The first-order valence-electron chi connectivity index (χ1n) is 6.38. The first kappa shape index (κ1) is 14.6. The summed E-state index contributed by atoms with van der Waals surface area (Å²) in [7, 11) is 0. The molecule has 100 valence electrons. The molecule has 0 saturated carbocycles. The molecule has 1 heterocycles. The molecule has 0 aromatic heterocycles. The number of esters is 1. The Hall–Kier alpha value is -1.51. The molecule has 0 aromatic rings. The van der Waals surface area contributed by atoms with Gasteiger partial charge in [-0.25, -0.2) is 4.79 Å². The number of cyclic esters (lactones) is 1. The Morgan fingerprint density at radius 2 is 2.00 bits per heavy atom. The van der Waals surface area contributed by atoms with Gasteiger partial charge < -0.3 is 9.84 Å². The van der Waals surface area contributed by atoms with Gasteiger partial charge in [0.2, 0.25) is 0 Å². The predicted molar refractivity (Wildman–Crippen MR) is 72.3 cm³/mol. The standard InChI is InChI=1S/C15H22O3/c1-11(2)6-4-7-12(3)8-5-9-13-14(16)10-18-15(13)17/h6,8,16H,4-5,7,9-10H2,1-3H3/b12-8+. The van der Waals surface area contributed by atoms with Crippen LogP contribution in [0.25, 0.3) is 0 Å². The maximum atomic E-state index is 11.2. The van der Waals surface area contributed by atoms with Crippen LogP contribution >= 0.6 is 0 Å². The highest BCUT2D eigenvalue weighted by Crippen LogP contribution is 2.19. The zero-order chi connectivity index (χ0) is 13.5. The van der Waals surface area contributed by atoms with Crippen molar-refractivity contribution in [2.24, 2.45) is 0 Å². The Labute approximate surface area is 109 Å². The topological polar surface area (TPSA) is 46.5 Å². The highest BCUT2D eigenvalue weighted by atomic mass is 16.5. The SMILES string of the molecule is CC(C)=CCC/C(C)=C/CCC1=C(O)COC1=O. The van der Waals surface area contributed by atoms with E-state index >= 15 is 0 Å². The fourth-order valence-electron chi connectivity index (χ4n) is 1.83. The number of allylic oxidation sites excluding steroid dienone is 4. The van der Waals surface area contributed by atoms with Gasteiger partial charge in [-0.2, -0.15) is 0 Å². The quantitative estimate of drug-likeness (QED) is 0.575. The Morgan fingerprint density at radius 1 is 1.28 bits per heavy atom. The van der Waals surface area contributed by atoms with Crippen LogP contribution in [0.4, 0.5) is 0 Å². The van der Waals surface area contributed by atoms with Crippen LogP contribution in [0.3, 0.4) is 0 Å². The predicted octanol–water partition coefficient (Wildman–Crippen LogP) is 3.83. The number of aliphatic hydroxyl groups excluding tert-OH is 1. The van der Waals surface area contributed by atoms with Gasteiger partial charge in [-0.15, -0.1) is 0 Å². The molecule has 3 nitrogen and oxygen atoms in total. The Balaban J connectivity index is 2.34. The number of carbonyl (C=O) groups is 1. The smallest absolute Gasteiger partial charge is 0.338 e. The molecule has 1 aliphatic heterocycles. The molecule has 0 radical (unpaired) electrons. The molecule has 0 spiro atoms. The normalized spacial score (nSPS) is 15.9. The minimum Gasteiger partial charge on any atom is -0.508 e. The Morgan fingerprint density at radius 3 is 2.56 bits per heavy atom. The Kier molecular flexibility index (Phi) is 5.69. The van der Waals surface area contributed by atoms with Crippen molar-refractivity contribution >= 4 is 5.97 Å². The molecule has 0 fully saturated rings. The molecule has 18 heavy (non-hydrogen) atoms. The van der Waals surface area contributed by atoms with Crippen LogP contribution in [0, 0.1) is 0 Å². The molecule has 1 N–H and O–H groups in total. The number of hydrogen-bond donors (Lipinski definition) is 1. The van der Waals surface area contributed by atoms with Crippen LogP contribution in [0.2, 0.25) is 0 Å². The van der Waals surface area contributed by atoms with E-state index in [2.05, 4.69) is 32.9 Å². The fourth-order valence-corrected chi connectivity index (χ4v) is 1.83. The van der Waals surface area contributed by atoms with Gasteiger partial charge in [0.05, 0.1) is 5.57 Å². The van der Waals surface area contributed by atoms with Gasteiger partial charge in [0, 0.05) is 0 Å². The van der Waals surface area contributed by atoms with E-state index in [0.29, 0.717) is 12.0 Å². The number of aliphatic hydroxyl groups is 1. The summed E-state index contributed by atoms with van der Waals surface area (Å²) in [6.07, 6.45) is 7.78. The van der Waals surface area contributed by atoms with Gasteiger partial charge >= 0.3 is 5.97 Å². The molecule has 0 unspecified atom stereocenters. The molecule has 1 rings (SSSR count). The molecule has 0 atom stereocenters. The first-order valence-corrected chi connectivity index (χ1v) is 6.38. The second kappa shape index (κ2) is 7.04. The summed E-state index contributed by atoms with van der Waals surface area (Å²) >= 11 is 0. The largest absolute Gasteiger partial charge is 0.508 e. The van der Waals surface area contributed by atoms with Gasteiger partial charge in [-0.1, -0.05) is 23.3 Å². The van der Waals surface area contributed by atoms with Gasteiger partial charge in [-0.05, 0) is 46.5 Å². The summed E-state index contributed by atoms with van der Waals surface area (Å²) in [6.45, 7) is 6.33. The highest BCUT2D eigenvalue weighted by molar-refractivity contribution is 5.91. The van der Waals surface area contributed by atoms with Crippen molar-refractivity contribution in [3.63, 3.8) is 0 Å². The van der Waals surface area contributed by atoms with Crippen LogP contribution in [0.15, 0.2) is 34.6 Å². The van der Waals surface area contributed by atoms with E-state index in [1.807, 2.05) is 0 Å². The van der Waals surface area contributed by atoms with Gasteiger partial charge in [0.1, 0.15) is 12.4 Å². The monoisotopic (exact) mass is 250 g/mol. The van der Waals surface area contributed by atoms with E-state index in [1.165, 1.54) is 11.1 Å². The summed E-state index contributed by atoms with van der Waals surface area (Å²) in [5.41, 5.74) is 3.09. The van der Waals surface area contributed by atoms with Crippen LogP contribution in [0.1, 0.15) is 46.5 Å². The molecule has 1 aliphatic rings. The van der Waals surface area contributed by atoms with E-state index in [4.69, 9.17) is 4.74 Å². The van der Waals surface area contributed by atoms with Gasteiger partial charge in [0.15, 0.2) is 0 Å². The molecular formula is C15H22O3. The minimum absolute atomic E-state index is 0.0391. The zero-order valence-corrected chi connectivity index (χ0v) is 11.5. The molecule has 0 bridgehead atoms. The highest BCUT2D eigenvalue weighted by Gasteiger charge is 2.23. The zero-order valence-electron chi connectivity index (χ0n) is 11.5. The molecular weight excluding hydrogens is 228 g/mol. The van der Waals surface area contributed by atoms with Gasteiger partial charge in [-0.3, -0.25) is 0 Å². The minimum atomic E-state index is -0.372. The van der Waals surface area contributed by atoms with Crippen LogP contribution < -0.4 is 0 Å². The lowest BCUT2D eigenvalue weighted by atomic mass is 10.1. The number of rotatable bonds is 6.